The zero-order valence-electron chi connectivity index (χ0n) is 10.1. The van der Waals surface area contributed by atoms with Crippen LogP contribution in [0, 0.1) is 5.92 Å². The number of amides is 2. The van der Waals surface area contributed by atoms with Crippen molar-refractivity contribution in [2.24, 2.45) is 11.7 Å². The minimum absolute atomic E-state index is 0.0276. The molecule has 0 aromatic rings. The summed E-state index contributed by atoms with van der Waals surface area (Å²) in [5.41, 5.74) is 5.70. The van der Waals surface area contributed by atoms with Gasteiger partial charge in [-0.1, -0.05) is 12.2 Å². The highest BCUT2D eigenvalue weighted by Crippen LogP contribution is 2.19. The molecule has 0 bridgehead atoms. The zero-order chi connectivity index (χ0) is 12.4. The van der Waals surface area contributed by atoms with E-state index in [1.165, 1.54) is 4.90 Å². The van der Waals surface area contributed by atoms with Gasteiger partial charge < -0.3 is 16.0 Å². The minimum Gasteiger partial charge on any atom is -0.352 e. The van der Waals surface area contributed by atoms with Crippen molar-refractivity contribution >= 4 is 11.8 Å². The summed E-state index contributed by atoms with van der Waals surface area (Å²) in [5.74, 6) is -0.265. The van der Waals surface area contributed by atoms with E-state index >= 15 is 0 Å². The topological polar surface area (TPSA) is 75.4 Å². The van der Waals surface area contributed by atoms with Gasteiger partial charge in [-0.2, -0.15) is 0 Å². The number of nitrogens with one attached hydrogen (secondary N) is 1. The lowest BCUT2D eigenvalue weighted by atomic mass is 10.1. The van der Waals surface area contributed by atoms with Gasteiger partial charge in [0.25, 0.3) is 0 Å². The Morgan fingerprint density at radius 1 is 1.41 bits per heavy atom. The molecule has 94 valence electrons. The normalized spacial score (nSPS) is 26.9. The Hall–Kier alpha value is -1.36. The lowest BCUT2D eigenvalue weighted by Gasteiger charge is -2.20. The predicted molar refractivity (Wildman–Crippen MR) is 64.0 cm³/mol. The standard InChI is InChI=1S/C12H19N3O2/c1-15(7-11(16)14-10-4-5-10)12(17)8-2-3-9(13)6-8/h2-3,8-10H,4-7,13H2,1H3,(H,14,16). The lowest BCUT2D eigenvalue weighted by molar-refractivity contribution is -0.136. The number of hydrogen-bond donors (Lipinski definition) is 2. The quantitative estimate of drug-likeness (QED) is 0.655. The molecule has 5 nitrogen and oxygen atoms in total. The predicted octanol–water partition coefficient (Wildman–Crippen LogP) is -0.373. The Kier molecular flexibility index (Phi) is 3.47. The molecule has 0 heterocycles. The molecule has 0 radical (unpaired) electrons. The van der Waals surface area contributed by atoms with Gasteiger partial charge in [-0.05, 0) is 19.3 Å². The molecule has 1 saturated carbocycles. The van der Waals surface area contributed by atoms with Crippen LogP contribution in [0.15, 0.2) is 12.2 Å². The number of likely N-dealkylation sites (N-methyl/N-ethyl adjacent to an activating group) is 1. The van der Waals surface area contributed by atoms with Crippen LogP contribution in [0.3, 0.4) is 0 Å². The molecule has 2 aliphatic rings. The molecular formula is C12H19N3O2. The summed E-state index contributed by atoms with van der Waals surface area (Å²) in [6.07, 6.45) is 6.45. The van der Waals surface area contributed by atoms with Crippen molar-refractivity contribution in [2.45, 2.75) is 31.3 Å². The Morgan fingerprint density at radius 3 is 2.65 bits per heavy atom. The van der Waals surface area contributed by atoms with Gasteiger partial charge in [-0.15, -0.1) is 0 Å². The number of carbonyl (C=O) groups excluding carboxylic acids is 2. The second-order valence-electron chi connectivity index (χ2n) is 4.93. The van der Waals surface area contributed by atoms with Crippen molar-refractivity contribution in [1.82, 2.24) is 10.2 Å². The maximum Gasteiger partial charge on any atom is 0.239 e. The Balaban J connectivity index is 1.78. The number of carbonyl (C=O) groups is 2. The van der Waals surface area contributed by atoms with Crippen LogP contribution in [0.5, 0.6) is 0 Å². The van der Waals surface area contributed by atoms with Crippen molar-refractivity contribution in [3.05, 3.63) is 12.2 Å². The molecule has 2 amide bonds. The van der Waals surface area contributed by atoms with Gasteiger partial charge in [-0.25, -0.2) is 0 Å². The number of nitrogens with zero attached hydrogens (tertiary/aromatic N) is 1. The highest BCUT2D eigenvalue weighted by Gasteiger charge is 2.28. The summed E-state index contributed by atoms with van der Waals surface area (Å²) in [5, 5.41) is 2.86. The SMILES string of the molecule is CN(CC(=O)NC1CC1)C(=O)C1C=CC(N)C1. The molecule has 17 heavy (non-hydrogen) atoms. The zero-order valence-corrected chi connectivity index (χ0v) is 10.1. The summed E-state index contributed by atoms with van der Waals surface area (Å²) in [6, 6.07) is 0.309. The number of rotatable bonds is 4. The smallest absolute Gasteiger partial charge is 0.239 e. The van der Waals surface area contributed by atoms with Crippen LogP contribution in [0.1, 0.15) is 19.3 Å². The second kappa shape index (κ2) is 4.87. The highest BCUT2D eigenvalue weighted by molar-refractivity contribution is 5.87. The minimum atomic E-state index is -0.163. The number of hydrogen-bond acceptors (Lipinski definition) is 3. The van der Waals surface area contributed by atoms with Crippen LogP contribution in [-0.4, -0.2) is 42.4 Å². The molecule has 2 aliphatic carbocycles. The number of nitrogens with two attached hydrogens (primary N) is 1. The van der Waals surface area contributed by atoms with Gasteiger partial charge in [0, 0.05) is 19.1 Å². The van der Waals surface area contributed by atoms with E-state index in [-0.39, 0.29) is 30.3 Å². The average Bonchev–Trinajstić information content (AvgIpc) is 2.96. The van der Waals surface area contributed by atoms with Gasteiger partial charge in [-0.3, -0.25) is 9.59 Å². The molecule has 5 heteroatoms. The molecule has 0 saturated heterocycles. The Bertz CT molecular complexity index is 350. The van der Waals surface area contributed by atoms with Crippen molar-refractivity contribution in [1.29, 1.82) is 0 Å². The van der Waals surface area contributed by atoms with Crippen LogP contribution < -0.4 is 11.1 Å². The summed E-state index contributed by atoms with van der Waals surface area (Å²) in [6.45, 7) is 0.134. The first-order chi connectivity index (χ1) is 8.06. The second-order valence-corrected chi connectivity index (χ2v) is 4.93. The maximum absolute atomic E-state index is 12.0. The van der Waals surface area contributed by atoms with Gasteiger partial charge in [0.05, 0.1) is 12.5 Å². The van der Waals surface area contributed by atoms with E-state index in [4.69, 9.17) is 5.73 Å². The van der Waals surface area contributed by atoms with E-state index in [9.17, 15) is 9.59 Å². The monoisotopic (exact) mass is 237 g/mol. The first-order valence-electron chi connectivity index (χ1n) is 6.04. The summed E-state index contributed by atoms with van der Waals surface area (Å²) >= 11 is 0. The molecule has 2 rings (SSSR count). The highest BCUT2D eigenvalue weighted by atomic mass is 16.2. The fourth-order valence-corrected chi connectivity index (χ4v) is 1.99. The van der Waals surface area contributed by atoms with Crippen LogP contribution in [0.4, 0.5) is 0 Å². The molecule has 0 aliphatic heterocycles. The molecule has 1 fully saturated rings. The van der Waals surface area contributed by atoms with Gasteiger partial charge in [0.2, 0.25) is 11.8 Å². The van der Waals surface area contributed by atoms with Crippen LogP contribution in [0.2, 0.25) is 0 Å². The third kappa shape index (κ3) is 3.30. The van der Waals surface area contributed by atoms with E-state index in [2.05, 4.69) is 5.32 Å². The first kappa shape index (κ1) is 12.1. The molecule has 2 unspecified atom stereocenters. The molecule has 2 atom stereocenters. The summed E-state index contributed by atoms with van der Waals surface area (Å²) < 4.78 is 0. The first-order valence-corrected chi connectivity index (χ1v) is 6.04. The van der Waals surface area contributed by atoms with Crippen molar-refractivity contribution < 1.29 is 9.59 Å². The lowest BCUT2D eigenvalue weighted by Crippen LogP contribution is -2.41. The maximum atomic E-state index is 12.0. The van der Waals surface area contributed by atoms with E-state index in [1.54, 1.807) is 7.05 Å². The summed E-state index contributed by atoms with van der Waals surface area (Å²) in [4.78, 5) is 25.0. The Labute approximate surface area is 101 Å². The molecule has 0 aromatic carbocycles. The summed E-state index contributed by atoms with van der Waals surface area (Å²) in [7, 11) is 1.66. The van der Waals surface area contributed by atoms with E-state index in [0.29, 0.717) is 12.5 Å². The van der Waals surface area contributed by atoms with Crippen LogP contribution in [0.25, 0.3) is 0 Å². The molecule has 0 spiro atoms. The fraction of sp³-hybridized carbons (Fsp3) is 0.667. The van der Waals surface area contributed by atoms with E-state index in [1.807, 2.05) is 12.2 Å². The largest absolute Gasteiger partial charge is 0.352 e. The molecular weight excluding hydrogens is 218 g/mol. The van der Waals surface area contributed by atoms with Crippen molar-refractivity contribution in [3.63, 3.8) is 0 Å². The fourth-order valence-electron chi connectivity index (χ4n) is 1.99. The molecule has 3 N–H and O–H groups in total. The third-order valence-corrected chi connectivity index (χ3v) is 3.13. The van der Waals surface area contributed by atoms with E-state index < -0.39 is 0 Å². The third-order valence-electron chi connectivity index (χ3n) is 3.13. The van der Waals surface area contributed by atoms with Gasteiger partial charge in [0.1, 0.15) is 0 Å². The van der Waals surface area contributed by atoms with Crippen LogP contribution in [-0.2, 0) is 9.59 Å². The van der Waals surface area contributed by atoms with Crippen molar-refractivity contribution in [2.75, 3.05) is 13.6 Å². The Morgan fingerprint density at radius 2 is 2.12 bits per heavy atom. The van der Waals surface area contributed by atoms with Gasteiger partial charge in [0.15, 0.2) is 0 Å². The average molecular weight is 237 g/mol. The van der Waals surface area contributed by atoms with Crippen molar-refractivity contribution in [3.8, 4) is 0 Å². The van der Waals surface area contributed by atoms with E-state index in [0.717, 1.165) is 12.8 Å². The van der Waals surface area contributed by atoms with Gasteiger partial charge >= 0.3 is 0 Å². The molecule has 0 aromatic heterocycles. The van der Waals surface area contributed by atoms with Crippen LogP contribution >= 0.6 is 0 Å².